The quantitative estimate of drug-likeness (QED) is 0.109. The first-order valence-electron chi connectivity index (χ1n) is 16.1. The van der Waals surface area contributed by atoms with Gasteiger partial charge in [0.2, 0.25) is 5.91 Å². The summed E-state index contributed by atoms with van der Waals surface area (Å²) in [7, 11) is 0. The molecule has 2 fully saturated rings. The number of benzene rings is 4. The molecule has 2 aliphatic heterocycles. The average Bonchev–Trinajstić information content (AvgIpc) is 3.66. The highest BCUT2D eigenvalue weighted by molar-refractivity contribution is 8.01. The van der Waals surface area contributed by atoms with Crippen molar-refractivity contribution in [3.8, 4) is 0 Å². The van der Waals surface area contributed by atoms with E-state index in [1.54, 1.807) is 30.3 Å². The molecular formula is C40H35NO6S. The van der Waals surface area contributed by atoms with Crippen LogP contribution in [0, 0.1) is 11.3 Å². The number of ether oxygens (including phenoxy) is 2. The summed E-state index contributed by atoms with van der Waals surface area (Å²) in [6.45, 7) is 3.84. The van der Waals surface area contributed by atoms with Crippen LogP contribution in [0.4, 0.5) is 0 Å². The number of fused-ring (bicyclic) bond motifs is 2. The zero-order valence-electron chi connectivity index (χ0n) is 26.7. The highest BCUT2D eigenvalue weighted by Gasteiger charge is 2.77. The lowest BCUT2D eigenvalue weighted by Gasteiger charge is -2.54. The fraction of sp³-hybridized carbons (Fsp3) is 0.250. The maximum absolute atomic E-state index is 14.7. The Morgan fingerprint density at radius 3 is 1.94 bits per heavy atom. The van der Waals surface area contributed by atoms with Gasteiger partial charge in [0.1, 0.15) is 18.1 Å². The number of amides is 1. The molecule has 3 aliphatic rings. The van der Waals surface area contributed by atoms with E-state index in [0.717, 1.165) is 16.7 Å². The molecule has 0 radical (unpaired) electrons. The molecule has 0 bridgehead atoms. The highest BCUT2D eigenvalue weighted by atomic mass is 32.2. The minimum absolute atomic E-state index is 0.0287. The molecule has 0 N–H and O–H groups in total. The van der Waals surface area contributed by atoms with Crippen molar-refractivity contribution in [3.63, 3.8) is 0 Å². The van der Waals surface area contributed by atoms with Crippen LogP contribution in [0.3, 0.4) is 0 Å². The molecule has 4 aromatic carbocycles. The average molecular weight is 658 g/mol. The number of allylic oxidation sites excluding steroid dienone is 1. The van der Waals surface area contributed by atoms with E-state index < -0.39 is 51.4 Å². The lowest BCUT2D eigenvalue weighted by molar-refractivity contribution is -0.178. The Labute approximate surface area is 283 Å². The van der Waals surface area contributed by atoms with E-state index in [9.17, 15) is 19.2 Å². The normalized spacial score (nSPS) is 23.7. The van der Waals surface area contributed by atoms with Gasteiger partial charge in [0, 0.05) is 16.2 Å². The highest BCUT2D eigenvalue weighted by Crippen LogP contribution is 2.67. The van der Waals surface area contributed by atoms with Crippen LogP contribution in [0.25, 0.3) is 0 Å². The number of carbonyl (C=O) groups excluding carboxylic acids is 4. The summed E-state index contributed by atoms with van der Waals surface area (Å²) in [6, 6.07) is 36.2. The van der Waals surface area contributed by atoms with Crippen LogP contribution in [0.2, 0.25) is 0 Å². The summed E-state index contributed by atoms with van der Waals surface area (Å²) in [6.07, 6.45) is 1.21. The van der Waals surface area contributed by atoms with Crippen molar-refractivity contribution in [1.29, 1.82) is 0 Å². The second-order valence-corrected chi connectivity index (χ2v) is 14.6. The fourth-order valence-corrected chi connectivity index (χ4v) is 9.17. The molecule has 7 nitrogen and oxygen atoms in total. The maximum atomic E-state index is 14.7. The molecule has 7 rings (SSSR count). The van der Waals surface area contributed by atoms with Gasteiger partial charge in [0.25, 0.3) is 0 Å². The third-order valence-corrected chi connectivity index (χ3v) is 11.3. The molecule has 8 heteroatoms. The molecule has 4 atom stereocenters. The lowest BCUT2D eigenvalue weighted by Crippen LogP contribution is -2.72. The number of ketones is 1. The van der Waals surface area contributed by atoms with Crippen molar-refractivity contribution >= 4 is 35.4 Å². The Bertz CT molecular complexity index is 1840. The van der Waals surface area contributed by atoms with E-state index in [0.29, 0.717) is 5.56 Å². The zero-order valence-corrected chi connectivity index (χ0v) is 27.5. The Hall–Kier alpha value is -4.95. The fourth-order valence-electron chi connectivity index (χ4n) is 7.35. The van der Waals surface area contributed by atoms with E-state index in [4.69, 9.17) is 9.47 Å². The number of β-lactam (4-membered cyclic amide) rings is 1. The zero-order chi connectivity index (χ0) is 33.5. The molecule has 1 unspecified atom stereocenters. The van der Waals surface area contributed by atoms with E-state index >= 15 is 0 Å². The van der Waals surface area contributed by atoms with E-state index in [-0.39, 0.29) is 24.4 Å². The first-order valence-corrected chi connectivity index (χ1v) is 16.9. The monoisotopic (exact) mass is 657 g/mol. The number of hydrogen-bond acceptors (Lipinski definition) is 7. The minimum Gasteiger partial charge on any atom is -0.457 e. The molecule has 0 aromatic heterocycles. The topological polar surface area (TPSA) is 90.0 Å². The van der Waals surface area contributed by atoms with Crippen molar-refractivity contribution in [1.82, 2.24) is 4.90 Å². The Morgan fingerprint density at radius 2 is 1.35 bits per heavy atom. The van der Waals surface area contributed by atoms with Crippen LogP contribution in [-0.4, -0.2) is 44.7 Å². The second-order valence-electron chi connectivity index (χ2n) is 12.9. The van der Waals surface area contributed by atoms with Crippen LogP contribution in [0.15, 0.2) is 133 Å². The van der Waals surface area contributed by atoms with Crippen LogP contribution in [0.5, 0.6) is 0 Å². The van der Waals surface area contributed by atoms with Gasteiger partial charge in [-0.2, -0.15) is 0 Å². The van der Waals surface area contributed by atoms with Gasteiger partial charge >= 0.3 is 11.9 Å². The van der Waals surface area contributed by atoms with Gasteiger partial charge in [0.15, 0.2) is 11.9 Å². The number of Topliss-reactive ketones (excluding diaryl/α,β-unsaturated/α-hetero) is 1. The summed E-state index contributed by atoms with van der Waals surface area (Å²) in [5.74, 6) is -2.65. The van der Waals surface area contributed by atoms with Crippen molar-refractivity contribution in [2.75, 3.05) is 0 Å². The molecule has 1 amide bonds. The Balaban J connectivity index is 1.22. The number of hydrogen-bond donors (Lipinski definition) is 0. The second kappa shape index (κ2) is 12.6. The molecule has 0 saturated carbocycles. The number of carbonyl (C=O) groups is 4. The van der Waals surface area contributed by atoms with Crippen LogP contribution in [-0.2, 0) is 30.5 Å². The maximum Gasteiger partial charge on any atom is 0.335 e. The molecular weight excluding hydrogens is 623 g/mol. The molecule has 2 saturated heterocycles. The van der Waals surface area contributed by atoms with Crippen molar-refractivity contribution < 1.29 is 28.7 Å². The first-order chi connectivity index (χ1) is 23.2. The van der Waals surface area contributed by atoms with Gasteiger partial charge in [0.05, 0.1) is 10.9 Å². The summed E-state index contributed by atoms with van der Waals surface area (Å²) in [4.78, 5) is 58.5. The smallest absolute Gasteiger partial charge is 0.335 e. The third kappa shape index (κ3) is 5.24. The molecule has 2 heterocycles. The van der Waals surface area contributed by atoms with Crippen molar-refractivity contribution in [2.24, 2.45) is 11.3 Å². The van der Waals surface area contributed by atoms with Gasteiger partial charge in [-0.05, 0) is 37.0 Å². The largest absolute Gasteiger partial charge is 0.457 e. The Kier molecular flexibility index (Phi) is 8.29. The van der Waals surface area contributed by atoms with E-state index in [1.807, 2.05) is 111 Å². The molecule has 4 aromatic rings. The van der Waals surface area contributed by atoms with Gasteiger partial charge in [-0.1, -0.05) is 127 Å². The van der Waals surface area contributed by atoms with Crippen molar-refractivity contribution in [2.45, 2.75) is 49.1 Å². The predicted molar refractivity (Wildman–Crippen MR) is 183 cm³/mol. The molecule has 242 valence electrons. The van der Waals surface area contributed by atoms with Crippen LogP contribution < -0.4 is 0 Å². The summed E-state index contributed by atoms with van der Waals surface area (Å²) in [5.41, 5.74) is 1.59. The summed E-state index contributed by atoms with van der Waals surface area (Å²) < 4.78 is 11.3. The molecule has 48 heavy (non-hydrogen) atoms. The molecule has 1 spiro atoms. The SMILES string of the molecule is CC1(C)S[C@H]2N(C(=O)C23C(C(=O)OCc2ccccc2)=CC[C@@H]3C(=O)c2ccccc2)[C@H]1C(=O)OC(c1ccccc1)c1ccccc1. The number of nitrogens with zero attached hydrogens (tertiary/aromatic N) is 1. The number of thioether (sulfide) groups is 1. The van der Waals surface area contributed by atoms with Gasteiger partial charge in [-0.3, -0.25) is 9.59 Å². The van der Waals surface area contributed by atoms with Crippen LogP contribution in [0.1, 0.15) is 53.4 Å². The minimum atomic E-state index is -1.48. The van der Waals surface area contributed by atoms with Gasteiger partial charge in [-0.25, -0.2) is 9.59 Å². The predicted octanol–water partition coefficient (Wildman–Crippen LogP) is 6.94. The number of esters is 2. The van der Waals surface area contributed by atoms with E-state index in [2.05, 4.69) is 0 Å². The summed E-state index contributed by atoms with van der Waals surface area (Å²) >= 11 is 1.43. The van der Waals surface area contributed by atoms with Gasteiger partial charge < -0.3 is 14.4 Å². The van der Waals surface area contributed by atoms with E-state index in [1.165, 1.54) is 16.7 Å². The Morgan fingerprint density at radius 1 is 0.812 bits per heavy atom. The first kappa shape index (κ1) is 31.6. The summed E-state index contributed by atoms with van der Waals surface area (Å²) in [5, 5.41) is -0.653. The standard InChI is InChI=1S/C40H35NO6S/c1-39(2)34(36(44)47-33(28-19-11-5-12-20-28)29-21-13-6-14-22-29)41-37(45)40(38(41)48-39)30(32(42)27-17-9-4-10-18-27)23-24-31(40)35(43)46-25-26-15-7-3-8-16-26/h3-22,24,30,33-34,38H,23,25H2,1-2H3/t30-,34+,38-,40?/m1/s1. The van der Waals surface area contributed by atoms with Gasteiger partial charge in [-0.15, -0.1) is 11.8 Å². The number of rotatable bonds is 9. The lowest BCUT2D eigenvalue weighted by atomic mass is 9.63. The molecule has 1 aliphatic carbocycles. The van der Waals surface area contributed by atoms with Crippen molar-refractivity contribution in [3.05, 3.63) is 155 Å². The third-order valence-electron chi connectivity index (χ3n) is 9.60. The van der Waals surface area contributed by atoms with Crippen LogP contribution >= 0.6 is 11.8 Å².